The number of rotatable bonds is 3. The van der Waals surface area contributed by atoms with Crippen molar-refractivity contribution in [1.82, 2.24) is 0 Å². The van der Waals surface area contributed by atoms with Crippen molar-refractivity contribution in [3.63, 3.8) is 0 Å². The minimum Gasteiger partial charge on any atom is -0.298 e. The molecule has 0 heterocycles. The van der Waals surface area contributed by atoms with E-state index in [1.165, 1.54) is 0 Å². The first-order valence-electron chi connectivity index (χ1n) is 3.20. The molecule has 0 aromatic rings. The summed E-state index contributed by atoms with van der Waals surface area (Å²) in [5.41, 5.74) is 0. The van der Waals surface area contributed by atoms with Gasteiger partial charge in [0.25, 0.3) is 0 Å². The van der Waals surface area contributed by atoms with Gasteiger partial charge in [-0.25, -0.2) is 0 Å². The van der Waals surface area contributed by atoms with Crippen molar-refractivity contribution in [2.24, 2.45) is 0 Å². The Morgan fingerprint density at radius 1 is 1.56 bits per heavy atom. The van der Waals surface area contributed by atoms with Gasteiger partial charge in [-0.05, 0) is 20.3 Å². The van der Waals surface area contributed by atoms with Crippen LogP contribution in [0.25, 0.3) is 0 Å². The van der Waals surface area contributed by atoms with Crippen LogP contribution in [0.1, 0.15) is 33.6 Å². The van der Waals surface area contributed by atoms with E-state index in [0.717, 1.165) is 6.42 Å². The van der Waals surface area contributed by atoms with E-state index >= 15 is 0 Å². The molecule has 9 heavy (non-hydrogen) atoms. The summed E-state index contributed by atoms with van der Waals surface area (Å²) in [7, 11) is 0. The summed E-state index contributed by atoms with van der Waals surface area (Å²) in [5.74, 6) is 0.131. The molecule has 54 valence electrons. The summed E-state index contributed by atoms with van der Waals surface area (Å²) in [6.07, 6.45) is 1.48. The molecule has 0 aliphatic carbocycles. The lowest BCUT2D eigenvalue weighted by Crippen LogP contribution is -2.23. The molecule has 0 radical (unpaired) electrons. The summed E-state index contributed by atoms with van der Waals surface area (Å²) in [4.78, 5) is 10.3. The number of alkyl halides is 1. The van der Waals surface area contributed by atoms with Crippen LogP contribution in [0.2, 0.25) is 0 Å². The van der Waals surface area contributed by atoms with E-state index < -0.39 is 4.87 Å². The summed E-state index contributed by atoms with van der Waals surface area (Å²) in [6, 6.07) is 0. The first-order valence-corrected chi connectivity index (χ1v) is 3.58. The molecular formula is C7H13ClO. The van der Waals surface area contributed by atoms with Gasteiger partial charge in [0.1, 0.15) is 0 Å². The summed E-state index contributed by atoms with van der Waals surface area (Å²) < 4.78 is 0. The second kappa shape index (κ2) is 3.21. The zero-order valence-corrected chi connectivity index (χ0v) is 6.96. The third-order valence-corrected chi connectivity index (χ3v) is 1.35. The lowest BCUT2D eigenvalue weighted by atomic mass is 10.0. The van der Waals surface area contributed by atoms with Gasteiger partial charge in [-0.15, -0.1) is 11.6 Å². The van der Waals surface area contributed by atoms with Gasteiger partial charge >= 0.3 is 0 Å². The average Bonchev–Trinajstić information content (AvgIpc) is 1.64. The number of ketones is 1. The molecule has 0 atom stereocenters. The van der Waals surface area contributed by atoms with E-state index in [4.69, 9.17) is 11.6 Å². The highest BCUT2D eigenvalue weighted by atomic mass is 35.5. The molecule has 0 saturated heterocycles. The molecule has 0 aliphatic heterocycles. The highest BCUT2D eigenvalue weighted by Gasteiger charge is 2.22. The molecule has 0 saturated carbocycles. The van der Waals surface area contributed by atoms with Crippen LogP contribution in [-0.4, -0.2) is 10.7 Å². The van der Waals surface area contributed by atoms with Crippen LogP contribution < -0.4 is 0 Å². The Bertz CT molecular complexity index is 102. The van der Waals surface area contributed by atoms with Gasteiger partial charge in [0, 0.05) is 6.42 Å². The third-order valence-electron chi connectivity index (χ3n) is 1.14. The molecule has 0 aliphatic rings. The largest absolute Gasteiger partial charge is 0.298 e. The number of halogens is 1. The van der Waals surface area contributed by atoms with E-state index in [1.807, 2.05) is 6.92 Å². The van der Waals surface area contributed by atoms with Crippen molar-refractivity contribution >= 4 is 17.4 Å². The summed E-state index contributed by atoms with van der Waals surface area (Å²) in [6.45, 7) is 5.43. The SMILES string of the molecule is CCCC(=O)C(C)(C)Cl. The molecule has 0 rings (SSSR count). The van der Waals surface area contributed by atoms with Gasteiger partial charge in [0.2, 0.25) is 0 Å². The van der Waals surface area contributed by atoms with Gasteiger partial charge in [-0.1, -0.05) is 6.92 Å². The highest BCUT2D eigenvalue weighted by molar-refractivity contribution is 6.34. The molecule has 0 bridgehead atoms. The van der Waals surface area contributed by atoms with Crippen LogP contribution in [0.4, 0.5) is 0 Å². The predicted molar refractivity (Wildman–Crippen MR) is 39.8 cm³/mol. The van der Waals surface area contributed by atoms with Crippen LogP contribution in [-0.2, 0) is 4.79 Å². The Hall–Kier alpha value is -0.0400. The van der Waals surface area contributed by atoms with Crippen molar-refractivity contribution in [2.75, 3.05) is 0 Å². The van der Waals surface area contributed by atoms with Crippen molar-refractivity contribution in [1.29, 1.82) is 0 Å². The minimum atomic E-state index is -0.657. The molecule has 0 aromatic heterocycles. The number of carbonyl (C=O) groups excluding carboxylic acids is 1. The Kier molecular flexibility index (Phi) is 3.20. The Morgan fingerprint density at radius 2 is 2.00 bits per heavy atom. The number of carbonyl (C=O) groups is 1. The molecule has 0 fully saturated rings. The Morgan fingerprint density at radius 3 is 2.11 bits per heavy atom. The molecule has 2 heteroatoms. The molecular weight excluding hydrogens is 136 g/mol. The fraction of sp³-hybridized carbons (Fsp3) is 0.857. The second-order valence-corrected chi connectivity index (χ2v) is 3.59. The summed E-state index contributed by atoms with van der Waals surface area (Å²) >= 11 is 5.71. The van der Waals surface area contributed by atoms with E-state index in [0.29, 0.717) is 6.42 Å². The fourth-order valence-electron chi connectivity index (χ4n) is 0.524. The molecule has 0 spiro atoms. The normalized spacial score (nSPS) is 11.6. The third kappa shape index (κ3) is 3.52. The van der Waals surface area contributed by atoms with Gasteiger partial charge in [-0.3, -0.25) is 4.79 Å². The first kappa shape index (κ1) is 8.96. The molecule has 1 nitrogen and oxygen atoms in total. The van der Waals surface area contributed by atoms with Crippen molar-refractivity contribution in [3.05, 3.63) is 0 Å². The lowest BCUT2D eigenvalue weighted by molar-refractivity contribution is -0.120. The van der Waals surface area contributed by atoms with Crippen LogP contribution in [0.5, 0.6) is 0 Å². The second-order valence-electron chi connectivity index (χ2n) is 2.65. The molecule has 0 amide bonds. The van der Waals surface area contributed by atoms with Crippen LogP contribution in [0.15, 0.2) is 0 Å². The fourth-order valence-corrected chi connectivity index (χ4v) is 0.619. The zero-order chi connectivity index (χ0) is 7.49. The quantitative estimate of drug-likeness (QED) is 0.562. The maximum absolute atomic E-state index is 10.9. The maximum atomic E-state index is 10.9. The van der Waals surface area contributed by atoms with Crippen LogP contribution in [0, 0.1) is 0 Å². The van der Waals surface area contributed by atoms with Gasteiger partial charge < -0.3 is 0 Å². The smallest absolute Gasteiger partial charge is 0.153 e. The highest BCUT2D eigenvalue weighted by Crippen LogP contribution is 2.16. The topological polar surface area (TPSA) is 17.1 Å². The number of hydrogen-bond acceptors (Lipinski definition) is 1. The van der Waals surface area contributed by atoms with E-state index in [1.54, 1.807) is 13.8 Å². The van der Waals surface area contributed by atoms with Crippen LogP contribution >= 0.6 is 11.6 Å². The van der Waals surface area contributed by atoms with Crippen molar-refractivity contribution in [2.45, 2.75) is 38.5 Å². The van der Waals surface area contributed by atoms with E-state index in [2.05, 4.69) is 0 Å². The Labute approximate surface area is 61.4 Å². The van der Waals surface area contributed by atoms with Crippen LogP contribution in [0.3, 0.4) is 0 Å². The van der Waals surface area contributed by atoms with Gasteiger partial charge in [0.15, 0.2) is 5.78 Å². The van der Waals surface area contributed by atoms with E-state index in [9.17, 15) is 4.79 Å². The van der Waals surface area contributed by atoms with Gasteiger partial charge in [-0.2, -0.15) is 0 Å². The van der Waals surface area contributed by atoms with Gasteiger partial charge in [0.05, 0.1) is 4.87 Å². The average molecular weight is 149 g/mol. The monoisotopic (exact) mass is 148 g/mol. The lowest BCUT2D eigenvalue weighted by Gasteiger charge is -2.12. The van der Waals surface area contributed by atoms with E-state index in [-0.39, 0.29) is 5.78 Å². The van der Waals surface area contributed by atoms with Crippen molar-refractivity contribution in [3.8, 4) is 0 Å². The maximum Gasteiger partial charge on any atom is 0.153 e. The minimum absolute atomic E-state index is 0.131. The molecule has 0 aromatic carbocycles. The number of Topliss-reactive ketones (excluding diaryl/α,β-unsaturated/α-hetero) is 1. The Balaban J connectivity index is 3.74. The predicted octanol–water partition coefficient (Wildman–Crippen LogP) is 2.37. The standard InChI is InChI=1S/C7H13ClO/c1-4-5-6(9)7(2,3)8/h4-5H2,1-3H3. The first-order chi connectivity index (χ1) is 3.98. The van der Waals surface area contributed by atoms with Crippen molar-refractivity contribution < 1.29 is 4.79 Å². The number of hydrogen-bond donors (Lipinski definition) is 0. The summed E-state index contributed by atoms with van der Waals surface area (Å²) in [5, 5.41) is 0. The zero-order valence-electron chi connectivity index (χ0n) is 6.20. The molecule has 0 N–H and O–H groups in total. The molecule has 0 unspecified atom stereocenters.